The number of aryl methyl sites for hydroxylation is 1. The number of hydrogen-bond donors (Lipinski definition) is 3. The first kappa shape index (κ1) is 31.7. The highest BCUT2D eigenvalue weighted by Crippen LogP contribution is 2.33. The quantitative estimate of drug-likeness (QED) is 0.251. The Morgan fingerprint density at radius 3 is 2.26 bits per heavy atom. The molecule has 8 nitrogen and oxygen atoms in total. The molecule has 0 aromatic heterocycles. The van der Waals surface area contributed by atoms with Crippen LogP contribution in [0.2, 0.25) is 0 Å². The van der Waals surface area contributed by atoms with Gasteiger partial charge in [-0.1, -0.05) is 54.6 Å². The summed E-state index contributed by atoms with van der Waals surface area (Å²) >= 11 is 0. The van der Waals surface area contributed by atoms with Crippen molar-refractivity contribution in [3.63, 3.8) is 0 Å². The summed E-state index contributed by atoms with van der Waals surface area (Å²) < 4.78 is 33.8. The van der Waals surface area contributed by atoms with Crippen LogP contribution >= 0.6 is 0 Å². The number of ether oxygens (including phenoxy) is 1. The molecule has 226 valence electrons. The maximum absolute atomic E-state index is 13.6. The van der Waals surface area contributed by atoms with Gasteiger partial charge in [-0.2, -0.15) is 4.31 Å². The summed E-state index contributed by atoms with van der Waals surface area (Å²) in [7, 11) is -1.09. The summed E-state index contributed by atoms with van der Waals surface area (Å²) in [4.78, 5) is 10.9. The first-order valence-electron chi connectivity index (χ1n) is 14.3. The summed E-state index contributed by atoms with van der Waals surface area (Å²) in [5, 5.41) is 23.2. The molecule has 1 atom stereocenters. The minimum atomic E-state index is -3.98. The lowest BCUT2D eigenvalue weighted by atomic mass is 9.88. The largest absolute Gasteiger partial charge is 0.495 e. The maximum atomic E-state index is 13.6. The molecule has 0 amide bonds. The van der Waals surface area contributed by atoms with Gasteiger partial charge in [0.15, 0.2) is 0 Å². The highest BCUT2D eigenvalue weighted by molar-refractivity contribution is 7.89. The van der Waals surface area contributed by atoms with Crippen molar-refractivity contribution in [3.05, 3.63) is 83.4 Å². The minimum absolute atomic E-state index is 0.0150. The first-order valence-corrected chi connectivity index (χ1v) is 15.8. The number of rotatable bonds is 14. The van der Waals surface area contributed by atoms with Gasteiger partial charge in [-0.25, -0.2) is 8.42 Å². The molecule has 0 heterocycles. The maximum Gasteiger partial charge on any atom is 0.303 e. The number of aliphatic carboxylic acids is 1. The van der Waals surface area contributed by atoms with E-state index in [0.29, 0.717) is 17.9 Å². The zero-order valence-corrected chi connectivity index (χ0v) is 25.7. The molecule has 9 heteroatoms. The molecule has 1 aliphatic rings. The summed E-state index contributed by atoms with van der Waals surface area (Å²) in [6.07, 6.45) is 2.63. The Morgan fingerprint density at radius 2 is 1.67 bits per heavy atom. The molecule has 3 aromatic rings. The van der Waals surface area contributed by atoms with Crippen molar-refractivity contribution < 1.29 is 28.2 Å². The summed E-state index contributed by atoms with van der Waals surface area (Å²) in [6.45, 7) is 4.43. The van der Waals surface area contributed by atoms with E-state index in [-0.39, 0.29) is 35.7 Å². The van der Waals surface area contributed by atoms with Crippen LogP contribution < -0.4 is 10.1 Å². The number of carbonyl (C=O) groups is 1. The average Bonchev–Trinajstić information content (AvgIpc) is 3.36. The summed E-state index contributed by atoms with van der Waals surface area (Å²) in [5.41, 5.74) is 4.99. The highest BCUT2D eigenvalue weighted by atomic mass is 32.2. The highest BCUT2D eigenvalue weighted by Gasteiger charge is 2.30. The molecule has 0 aliphatic heterocycles. The Bertz CT molecular complexity index is 1460. The molecule has 0 spiro atoms. The smallest absolute Gasteiger partial charge is 0.303 e. The van der Waals surface area contributed by atoms with Gasteiger partial charge in [-0.3, -0.25) is 4.79 Å². The number of β-amino-alcohol motifs (C(OH)–C–C–N with tert-alkyl or cyclic N) is 1. The second-order valence-electron chi connectivity index (χ2n) is 11.9. The lowest BCUT2D eigenvalue weighted by molar-refractivity contribution is -0.136. The second-order valence-corrected chi connectivity index (χ2v) is 13.9. The summed E-state index contributed by atoms with van der Waals surface area (Å²) in [5.74, 6) is -0.103. The van der Waals surface area contributed by atoms with E-state index in [2.05, 4.69) is 43.4 Å². The Balaban J connectivity index is 1.38. The van der Waals surface area contributed by atoms with Gasteiger partial charge in [0.05, 0.1) is 13.2 Å². The monoisotopic (exact) mass is 594 g/mol. The van der Waals surface area contributed by atoms with Gasteiger partial charge in [0.1, 0.15) is 10.6 Å². The third-order valence-corrected chi connectivity index (χ3v) is 9.83. The van der Waals surface area contributed by atoms with Crippen molar-refractivity contribution in [2.24, 2.45) is 5.92 Å². The molecule has 4 rings (SSSR count). The van der Waals surface area contributed by atoms with E-state index < -0.39 is 22.1 Å². The number of methoxy groups -OCH3 is 1. The van der Waals surface area contributed by atoms with Crippen LogP contribution in [0, 0.1) is 5.92 Å². The van der Waals surface area contributed by atoms with E-state index in [0.717, 1.165) is 34.7 Å². The third kappa shape index (κ3) is 7.98. The number of nitrogens with zero attached hydrogens (tertiary/aromatic N) is 1. The molecule has 3 N–H and O–H groups in total. The molecule has 0 radical (unpaired) electrons. The fraction of sp³-hybridized carbons (Fsp3) is 0.424. The first-order chi connectivity index (χ1) is 19.9. The van der Waals surface area contributed by atoms with Gasteiger partial charge in [-0.05, 0) is 85.4 Å². The van der Waals surface area contributed by atoms with Gasteiger partial charge in [0.25, 0.3) is 0 Å². The molecule has 0 fully saturated rings. The molecule has 0 bridgehead atoms. The lowest BCUT2D eigenvalue weighted by Crippen LogP contribution is -2.47. The van der Waals surface area contributed by atoms with Crippen LogP contribution in [0.4, 0.5) is 0 Å². The van der Waals surface area contributed by atoms with E-state index in [9.17, 15) is 18.3 Å². The molecule has 0 saturated heterocycles. The number of fused-ring (bicyclic) bond motifs is 1. The van der Waals surface area contributed by atoms with Crippen LogP contribution in [-0.4, -0.2) is 67.8 Å². The number of aliphatic hydroxyl groups is 1. The molecule has 1 aliphatic carbocycles. The van der Waals surface area contributed by atoms with Crippen LogP contribution in [0.15, 0.2) is 71.6 Å². The lowest BCUT2D eigenvalue weighted by Gasteiger charge is -2.31. The number of hydrogen-bond acceptors (Lipinski definition) is 6. The number of aliphatic hydroxyl groups excluding tert-OH is 1. The fourth-order valence-electron chi connectivity index (χ4n) is 5.78. The standard InChI is InChI=1S/C33H42N2O6S/c1-33(2,20-24-17-26-7-5-6-8-27(26)18-24)34-21-29(36)22-35(3)42(39,40)31-19-28(14-15-30(31)41-4)25-12-9-23(10-13-25)11-16-32(37)38/h5-10,12-15,19,24,29,34,36H,11,16-18,20-22H2,1-4H3,(H,37,38)/t29-/m1/s1. The number of nitrogens with one attached hydrogen (secondary N) is 1. The molecular weight excluding hydrogens is 552 g/mol. The third-order valence-electron chi connectivity index (χ3n) is 7.99. The average molecular weight is 595 g/mol. The topological polar surface area (TPSA) is 116 Å². The van der Waals surface area contributed by atoms with Gasteiger partial charge < -0.3 is 20.3 Å². The van der Waals surface area contributed by atoms with E-state index in [1.807, 2.05) is 24.3 Å². The molecule has 3 aromatic carbocycles. The van der Waals surface area contributed by atoms with Crippen LogP contribution in [0.1, 0.15) is 43.4 Å². The van der Waals surface area contributed by atoms with Crippen molar-refractivity contribution in [1.82, 2.24) is 9.62 Å². The van der Waals surface area contributed by atoms with E-state index in [4.69, 9.17) is 9.84 Å². The fourth-order valence-corrected chi connectivity index (χ4v) is 7.17. The second kappa shape index (κ2) is 13.4. The molecule has 0 unspecified atom stereocenters. The van der Waals surface area contributed by atoms with Gasteiger partial charge >= 0.3 is 5.97 Å². The van der Waals surface area contributed by atoms with Crippen molar-refractivity contribution in [3.8, 4) is 16.9 Å². The number of carboxylic acids is 1. The Hall–Kier alpha value is -3.24. The molecule has 0 saturated carbocycles. The van der Waals surface area contributed by atoms with Gasteiger partial charge in [0.2, 0.25) is 10.0 Å². The van der Waals surface area contributed by atoms with Gasteiger partial charge in [0, 0.05) is 32.1 Å². The van der Waals surface area contributed by atoms with E-state index in [1.165, 1.54) is 25.3 Å². The SMILES string of the molecule is COc1ccc(-c2ccc(CCC(=O)O)cc2)cc1S(=O)(=O)N(C)C[C@H](O)CNC(C)(C)CC1Cc2ccccc2C1. The Labute approximate surface area is 249 Å². The van der Waals surface area contributed by atoms with Gasteiger partial charge in [-0.15, -0.1) is 0 Å². The van der Waals surface area contributed by atoms with Crippen LogP contribution in [-0.2, 0) is 34.1 Å². The van der Waals surface area contributed by atoms with E-state index in [1.54, 1.807) is 18.2 Å². The number of benzene rings is 3. The zero-order chi connectivity index (χ0) is 30.5. The summed E-state index contributed by atoms with van der Waals surface area (Å²) in [6, 6.07) is 20.9. The normalized spacial score (nSPS) is 14.6. The Kier molecular flexibility index (Phi) is 10.1. The molecular formula is C33H42N2O6S. The molecule has 42 heavy (non-hydrogen) atoms. The van der Waals surface area contributed by atoms with Crippen molar-refractivity contribution in [2.75, 3.05) is 27.2 Å². The van der Waals surface area contributed by atoms with Crippen molar-refractivity contribution >= 4 is 16.0 Å². The predicted molar refractivity (Wildman–Crippen MR) is 164 cm³/mol. The van der Waals surface area contributed by atoms with Crippen molar-refractivity contribution in [1.29, 1.82) is 0 Å². The minimum Gasteiger partial charge on any atom is -0.495 e. The van der Waals surface area contributed by atoms with Crippen LogP contribution in [0.25, 0.3) is 11.1 Å². The Morgan fingerprint density at radius 1 is 1.05 bits per heavy atom. The zero-order valence-electron chi connectivity index (χ0n) is 24.8. The van der Waals surface area contributed by atoms with Crippen LogP contribution in [0.3, 0.4) is 0 Å². The van der Waals surface area contributed by atoms with Crippen molar-refractivity contribution in [2.45, 2.75) is 62.5 Å². The number of sulfonamides is 1. The number of likely N-dealkylation sites (N-methyl/N-ethyl adjacent to an activating group) is 1. The van der Waals surface area contributed by atoms with Crippen LogP contribution in [0.5, 0.6) is 5.75 Å². The predicted octanol–water partition coefficient (Wildman–Crippen LogP) is 4.53. The number of carboxylic acid groups (broad SMARTS) is 1. The van der Waals surface area contributed by atoms with E-state index >= 15 is 0 Å².